The number of likely N-dealkylation sites (N-methyl/N-ethyl adjacent to an activating group) is 1. The minimum Gasteiger partial charge on any atom is -0.338 e. The van der Waals surface area contributed by atoms with Gasteiger partial charge in [-0.1, -0.05) is 30.3 Å². The molecule has 3 rings (SSSR count). The lowest BCUT2D eigenvalue weighted by Gasteiger charge is -2.22. The lowest BCUT2D eigenvalue weighted by molar-refractivity contribution is -0.133. The van der Waals surface area contributed by atoms with Crippen molar-refractivity contribution >= 4 is 17.2 Å². The highest BCUT2D eigenvalue weighted by molar-refractivity contribution is 7.13. The molecule has 0 saturated carbocycles. The largest absolute Gasteiger partial charge is 0.338 e. The lowest BCUT2D eigenvalue weighted by atomic mass is 10.2. The SMILES string of the molecule is Cc1nccn1[C@@H](C)C(=O)N(C)Cc1csc(-c2ccccc2)n1. The molecule has 1 amide bonds. The fraction of sp³-hybridized carbons (Fsp3) is 0.278. The number of imidazole rings is 1. The number of aromatic nitrogens is 3. The third kappa shape index (κ3) is 3.38. The average Bonchev–Trinajstić information content (AvgIpc) is 3.23. The first-order valence-corrected chi connectivity index (χ1v) is 8.68. The number of nitrogens with zero attached hydrogens (tertiary/aromatic N) is 4. The molecule has 0 aliphatic carbocycles. The molecule has 0 N–H and O–H groups in total. The molecule has 2 heterocycles. The highest BCUT2D eigenvalue weighted by Gasteiger charge is 2.21. The van der Waals surface area contributed by atoms with Crippen LogP contribution in [0.1, 0.15) is 24.5 Å². The topological polar surface area (TPSA) is 51.0 Å². The predicted octanol–water partition coefficient (Wildman–Crippen LogP) is 3.53. The van der Waals surface area contributed by atoms with Crippen molar-refractivity contribution < 1.29 is 4.79 Å². The number of hydrogen-bond acceptors (Lipinski definition) is 4. The van der Waals surface area contributed by atoms with Gasteiger partial charge in [0.05, 0.1) is 12.2 Å². The normalized spacial score (nSPS) is 12.1. The van der Waals surface area contributed by atoms with Crippen LogP contribution in [-0.2, 0) is 11.3 Å². The number of carbonyl (C=O) groups is 1. The second-order valence-corrected chi connectivity index (χ2v) is 6.62. The predicted molar refractivity (Wildman–Crippen MR) is 95.7 cm³/mol. The molecule has 0 spiro atoms. The van der Waals surface area contributed by atoms with Crippen LogP contribution in [0.25, 0.3) is 10.6 Å². The minimum absolute atomic E-state index is 0.0466. The fourth-order valence-corrected chi connectivity index (χ4v) is 3.47. The first kappa shape index (κ1) is 16.4. The maximum Gasteiger partial charge on any atom is 0.245 e. The number of carbonyl (C=O) groups excluding carboxylic acids is 1. The Hall–Kier alpha value is -2.47. The summed E-state index contributed by atoms with van der Waals surface area (Å²) in [7, 11) is 1.81. The Morgan fingerprint density at radius 2 is 2.08 bits per heavy atom. The number of hydrogen-bond donors (Lipinski definition) is 0. The van der Waals surface area contributed by atoms with Crippen molar-refractivity contribution in [3.8, 4) is 10.6 Å². The van der Waals surface area contributed by atoms with E-state index in [4.69, 9.17) is 0 Å². The Labute approximate surface area is 145 Å². The summed E-state index contributed by atoms with van der Waals surface area (Å²) in [6.45, 7) is 4.29. The molecule has 124 valence electrons. The standard InChI is InChI=1S/C18H20N4OS/c1-13(22-10-9-19-14(22)2)18(23)21(3)11-16-12-24-17(20-16)15-7-5-4-6-8-15/h4-10,12-13H,11H2,1-3H3/t13-/m0/s1. The van der Waals surface area contributed by atoms with Crippen LogP contribution in [0.4, 0.5) is 0 Å². The fourth-order valence-electron chi connectivity index (χ4n) is 2.65. The van der Waals surface area contributed by atoms with Crippen molar-refractivity contribution in [2.45, 2.75) is 26.4 Å². The van der Waals surface area contributed by atoms with Gasteiger partial charge in [0.15, 0.2) is 0 Å². The molecule has 3 aromatic rings. The Morgan fingerprint density at radius 3 is 2.75 bits per heavy atom. The zero-order valence-electron chi connectivity index (χ0n) is 14.0. The Morgan fingerprint density at radius 1 is 1.33 bits per heavy atom. The van der Waals surface area contributed by atoms with Crippen LogP contribution in [0.3, 0.4) is 0 Å². The molecule has 0 aliphatic heterocycles. The van der Waals surface area contributed by atoms with E-state index >= 15 is 0 Å². The third-order valence-electron chi connectivity index (χ3n) is 3.98. The number of benzene rings is 1. The molecule has 0 aliphatic rings. The maximum absolute atomic E-state index is 12.6. The van der Waals surface area contributed by atoms with Crippen LogP contribution < -0.4 is 0 Å². The quantitative estimate of drug-likeness (QED) is 0.714. The summed E-state index contributed by atoms with van der Waals surface area (Å²) in [4.78, 5) is 23.2. The van der Waals surface area contributed by atoms with Gasteiger partial charge in [-0.05, 0) is 13.8 Å². The van der Waals surface area contributed by atoms with Gasteiger partial charge in [0, 0.05) is 30.4 Å². The summed E-state index contributed by atoms with van der Waals surface area (Å²) in [6.07, 6.45) is 3.55. The van der Waals surface area contributed by atoms with Crippen molar-refractivity contribution in [1.82, 2.24) is 19.4 Å². The average molecular weight is 340 g/mol. The van der Waals surface area contributed by atoms with E-state index in [1.165, 1.54) is 0 Å². The van der Waals surface area contributed by atoms with Crippen LogP contribution >= 0.6 is 11.3 Å². The van der Waals surface area contributed by atoms with Gasteiger partial charge in [-0.15, -0.1) is 11.3 Å². The van der Waals surface area contributed by atoms with E-state index in [1.807, 2.05) is 67.4 Å². The van der Waals surface area contributed by atoms with E-state index in [0.717, 1.165) is 22.1 Å². The van der Waals surface area contributed by atoms with Gasteiger partial charge in [-0.25, -0.2) is 9.97 Å². The number of thiazole rings is 1. The van der Waals surface area contributed by atoms with Gasteiger partial charge < -0.3 is 9.47 Å². The molecule has 6 heteroatoms. The molecule has 0 radical (unpaired) electrons. The monoisotopic (exact) mass is 340 g/mol. The number of amides is 1. The summed E-state index contributed by atoms with van der Waals surface area (Å²) in [5, 5.41) is 2.99. The first-order chi connectivity index (χ1) is 11.6. The van der Waals surface area contributed by atoms with Gasteiger partial charge in [0.2, 0.25) is 5.91 Å². The van der Waals surface area contributed by atoms with Gasteiger partial charge in [-0.2, -0.15) is 0 Å². The molecule has 5 nitrogen and oxygen atoms in total. The molecule has 1 atom stereocenters. The van der Waals surface area contributed by atoms with Crippen molar-refractivity contribution in [3.63, 3.8) is 0 Å². The zero-order valence-corrected chi connectivity index (χ0v) is 14.8. The Bertz CT molecular complexity index is 824. The van der Waals surface area contributed by atoms with E-state index in [-0.39, 0.29) is 11.9 Å². The van der Waals surface area contributed by atoms with E-state index in [2.05, 4.69) is 9.97 Å². The van der Waals surface area contributed by atoms with Crippen LogP contribution in [0.5, 0.6) is 0 Å². The van der Waals surface area contributed by atoms with E-state index < -0.39 is 0 Å². The van der Waals surface area contributed by atoms with Crippen LogP contribution in [0.15, 0.2) is 48.1 Å². The Kier molecular flexibility index (Phi) is 4.76. The Balaban J connectivity index is 1.69. The number of aryl methyl sites for hydroxylation is 1. The first-order valence-electron chi connectivity index (χ1n) is 7.80. The van der Waals surface area contributed by atoms with Crippen LogP contribution in [0, 0.1) is 6.92 Å². The third-order valence-corrected chi connectivity index (χ3v) is 4.93. The molecule has 0 saturated heterocycles. The van der Waals surface area contributed by atoms with E-state index in [9.17, 15) is 4.79 Å². The van der Waals surface area contributed by atoms with Crippen LogP contribution in [-0.4, -0.2) is 32.4 Å². The van der Waals surface area contributed by atoms with Crippen molar-refractivity contribution in [3.05, 3.63) is 59.6 Å². The second kappa shape index (κ2) is 6.97. The molecule has 0 fully saturated rings. The summed E-state index contributed by atoms with van der Waals surface area (Å²) in [5.41, 5.74) is 2.01. The summed E-state index contributed by atoms with van der Waals surface area (Å²) in [6, 6.07) is 9.81. The molecular formula is C18H20N4OS. The maximum atomic E-state index is 12.6. The summed E-state index contributed by atoms with van der Waals surface area (Å²) in [5.74, 6) is 0.884. The van der Waals surface area contributed by atoms with E-state index in [1.54, 1.807) is 22.4 Å². The van der Waals surface area contributed by atoms with Gasteiger partial charge in [-0.3, -0.25) is 4.79 Å². The highest BCUT2D eigenvalue weighted by Crippen LogP contribution is 2.24. The lowest BCUT2D eigenvalue weighted by Crippen LogP contribution is -2.33. The number of rotatable bonds is 5. The zero-order chi connectivity index (χ0) is 17.1. The molecule has 1 aromatic carbocycles. The van der Waals surface area contributed by atoms with Gasteiger partial charge >= 0.3 is 0 Å². The summed E-state index contributed by atoms with van der Waals surface area (Å²) < 4.78 is 1.88. The minimum atomic E-state index is -0.273. The summed E-state index contributed by atoms with van der Waals surface area (Å²) >= 11 is 1.60. The molecular weight excluding hydrogens is 320 g/mol. The van der Waals surface area contributed by atoms with Gasteiger partial charge in [0.25, 0.3) is 0 Å². The smallest absolute Gasteiger partial charge is 0.245 e. The molecule has 0 bridgehead atoms. The second-order valence-electron chi connectivity index (χ2n) is 5.76. The van der Waals surface area contributed by atoms with Gasteiger partial charge in [0.1, 0.15) is 16.9 Å². The molecule has 2 aromatic heterocycles. The molecule has 24 heavy (non-hydrogen) atoms. The van der Waals surface area contributed by atoms with E-state index in [0.29, 0.717) is 6.54 Å². The van der Waals surface area contributed by atoms with Crippen molar-refractivity contribution in [2.24, 2.45) is 0 Å². The van der Waals surface area contributed by atoms with Crippen molar-refractivity contribution in [1.29, 1.82) is 0 Å². The van der Waals surface area contributed by atoms with Crippen molar-refractivity contribution in [2.75, 3.05) is 7.05 Å². The molecule has 0 unspecified atom stereocenters. The van der Waals surface area contributed by atoms with Crippen LogP contribution in [0.2, 0.25) is 0 Å². The highest BCUT2D eigenvalue weighted by atomic mass is 32.1.